The highest BCUT2D eigenvalue weighted by Gasteiger charge is 2.18. The first kappa shape index (κ1) is 18.8. The number of carbonyl (C=O) groups excluding carboxylic acids is 1. The third-order valence-electron chi connectivity index (χ3n) is 3.91. The fourth-order valence-electron chi connectivity index (χ4n) is 2.47. The first-order valence-corrected chi connectivity index (χ1v) is 9.20. The Kier molecular flexibility index (Phi) is 6.27. The highest BCUT2D eigenvalue weighted by Crippen LogP contribution is 2.28. The smallest absolute Gasteiger partial charge is 0.265 e. The lowest BCUT2D eigenvalue weighted by atomic mass is 10.0. The number of benzene rings is 2. The lowest BCUT2D eigenvalue weighted by Crippen LogP contribution is -2.30. The molecule has 1 amide bonds. The van der Waals surface area contributed by atoms with Gasteiger partial charge in [-0.25, -0.2) is 0 Å². The summed E-state index contributed by atoms with van der Waals surface area (Å²) in [6.45, 7) is 10.0. The largest absolute Gasteiger partial charge is 0.481 e. The van der Waals surface area contributed by atoms with E-state index in [1.807, 2.05) is 38.1 Å². The van der Waals surface area contributed by atoms with Gasteiger partial charge < -0.3 is 10.1 Å². The maximum absolute atomic E-state index is 12.5. The van der Waals surface area contributed by atoms with Gasteiger partial charge in [0.1, 0.15) is 5.75 Å². The normalized spacial score (nSPS) is 12.1. The Morgan fingerprint density at radius 2 is 1.79 bits per heavy atom. The van der Waals surface area contributed by atoms with Crippen LogP contribution >= 0.6 is 22.6 Å². The van der Waals surface area contributed by atoms with Gasteiger partial charge in [-0.15, -0.1) is 0 Å². The Balaban J connectivity index is 2.13. The van der Waals surface area contributed by atoms with E-state index in [4.69, 9.17) is 4.74 Å². The van der Waals surface area contributed by atoms with E-state index in [-0.39, 0.29) is 5.91 Å². The van der Waals surface area contributed by atoms with Gasteiger partial charge in [0.2, 0.25) is 0 Å². The monoisotopic (exact) mass is 437 g/mol. The molecular formula is C20H24INO2. The minimum absolute atomic E-state index is 0.143. The second kappa shape index (κ2) is 8.01. The standard InChI is InChI=1S/C20H24INO2/c1-12(2)17-8-6-13(3)10-19(17)24-15(5)20(23)22-18-9-7-16(21)11-14(18)4/h6-12,15H,1-5H3,(H,22,23). The van der Waals surface area contributed by atoms with Crippen molar-refractivity contribution >= 4 is 34.2 Å². The molecule has 2 aromatic rings. The predicted molar refractivity (Wildman–Crippen MR) is 108 cm³/mol. The lowest BCUT2D eigenvalue weighted by Gasteiger charge is -2.20. The average Bonchev–Trinajstić information content (AvgIpc) is 2.49. The number of amides is 1. The molecule has 1 N–H and O–H groups in total. The van der Waals surface area contributed by atoms with Gasteiger partial charge in [-0.3, -0.25) is 4.79 Å². The van der Waals surface area contributed by atoms with Crippen LogP contribution in [0.3, 0.4) is 0 Å². The molecule has 1 unspecified atom stereocenters. The fraction of sp³-hybridized carbons (Fsp3) is 0.350. The van der Waals surface area contributed by atoms with Crippen LogP contribution in [-0.4, -0.2) is 12.0 Å². The van der Waals surface area contributed by atoms with Crippen LogP contribution in [0.25, 0.3) is 0 Å². The van der Waals surface area contributed by atoms with Crippen LogP contribution in [0.4, 0.5) is 5.69 Å². The number of hydrogen-bond donors (Lipinski definition) is 1. The molecule has 0 aliphatic carbocycles. The first-order valence-electron chi connectivity index (χ1n) is 8.12. The molecule has 3 nitrogen and oxygen atoms in total. The molecule has 0 spiro atoms. The molecule has 4 heteroatoms. The zero-order valence-electron chi connectivity index (χ0n) is 14.8. The summed E-state index contributed by atoms with van der Waals surface area (Å²) in [5, 5.41) is 2.95. The highest BCUT2D eigenvalue weighted by atomic mass is 127. The molecule has 2 aromatic carbocycles. The van der Waals surface area contributed by atoms with Crippen LogP contribution in [0.15, 0.2) is 36.4 Å². The molecule has 0 saturated heterocycles. The molecule has 0 radical (unpaired) electrons. The van der Waals surface area contributed by atoms with Crippen molar-refractivity contribution in [3.05, 3.63) is 56.7 Å². The molecule has 1 atom stereocenters. The van der Waals surface area contributed by atoms with Crippen LogP contribution in [0.5, 0.6) is 5.75 Å². The third kappa shape index (κ3) is 4.72. The summed E-state index contributed by atoms with van der Waals surface area (Å²) in [5.74, 6) is 0.983. The van der Waals surface area contributed by atoms with E-state index in [2.05, 4.69) is 53.9 Å². The number of rotatable bonds is 5. The van der Waals surface area contributed by atoms with Crippen LogP contribution in [0.1, 0.15) is 43.4 Å². The van der Waals surface area contributed by atoms with Crippen LogP contribution < -0.4 is 10.1 Å². The van der Waals surface area contributed by atoms with Gasteiger partial charge in [0.05, 0.1) is 0 Å². The van der Waals surface area contributed by atoms with Gasteiger partial charge in [-0.1, -0.05) is 26.0 Å². The van der Waals surface area contributed by atoms with Crippen LogP contribution in [0, 0.1) is 17.4 Å². The Hall–Kier alpha value is -1.56. The number of ether oxygens (including phenoxy) is 1. The summed E-state index contributed by atoms with van der Waals surface area (Å²) < 4.78 is 7.12. The minimum atomic E-state index is -0.567. The van der Waals surface area contributed by atoms with E-state index >= 15 is 0 Å². The van der Waals surface area contributed by atoms with Crippen molar-refractivity contribution in [1.29, 1.82) is 0 Å². The maximum atomic E-state index is 12.5. The number of hydrogen-bond acceptors (Lipinski definition) is 2. The number of aryl methyl sites for hydroxylation is 2. The Bertz CT molecular complexity index is 740. The van der Waals surface area contributed by atoms with E-state index in [1.165, 1.54) is 0 Å². The minimum Gasteiger partial charge on any atom is -0.481 e. The van der Waals surface area contributed by atoms with E-state index in [1.54, 1.807) is 6.92 Å². The van der Waals surface area contributed by atoms with Gasteiger partial charge in [-0.2, -0.15) is 0 Å². The second-order valence-electron chi connectivity index (χ2n) is 6.40. The van der Waals surface area contributed by atoms with Gasteiger partial charge in [0.25, 0.3) is 5.91 Å². The Labute approximate surface area is 157 Å². The van der Waals surface area contributed by atoms with Crippen molar-refractivity contribution in [2.45, 2.75) is 46.6 Å². The molecule has 128 valence electrons. The SMILES string of the molecule is Cc1ccc(C(C)C)c(OC(C)C(=O)Nc2ccc(I)cc2C)c1. The predicted octanol–water partition coefficient (Wildman–Crippen LogP) is 5.44. The quantitative estimate of drug-likeness (QED) is 0.633. The van der Waals surface area contributed by atoms with Gasteiger partial charge in [-0.05, 0) is 90.2 Å². The van der Waals surface area contributed by atoms with Gasteiger partial charge >= 0.3 is 0 Å². The van der Waals surface area contributed by atoms with Crippen LogP contribution in [-0.2, 0) is 4.79 Å². The van der Waals surface area contributed by atoms with Crippen molar-refractivity contribution < 1.29 is 9.53 Å². The number of nitrogens with one attached hydrogen (secondary N) is 1. The van der Waals surface area contributed by atoms with Crippen molar-refractivity contribution in [3.8, 4) is 5.75 Å². The Morgan fingerprint density at radius 1 is 1.08 bits per heavy atom. The zero-order chi connectivity index (χ0) is 17.9. The molecule has 0 aliphatic rings. The average molecular weight is 437 g/mol. The second-order valence-corrected chi connectivity index (χ2v) is 7.65. The number of anilines is 1. The summed E-state index contributed by atoms with van der Waals surface area (Å²) in [7, 11) is 0. The van der Waals surface area contributed by atoms with E-state index < -0.39 is 6.10 Å². The molecule has 0 saturated carbocycles. The van der Waals surface area contributed by atoms with E-state index in [0.29, 0.717) is 5.92 Å². The summed E-state index contributed by atoms with van der Waals surface area (Å²) in [4.78, 5) is 12.5. The van der Waals surface area contributed by atoms with Gasteiger partial charge in [0.15, 0.2) is 6.10 Å². The molecule has 0 aromatic heterocycles. The summed E-state index contributed by atoms with van der Waals surface area (Å²) in [6.07, 6.45) is -0.567. The zero-order valence-corrected chi connectivity index (χ0v) is 17.0. The molecule has 0 heterocycles. The molecule has 0 bridgehead atoms. The topological polar surface area (TPSA) is 38.3 Å². The van der Waals surface area contributed by atoms with E-state index in [9.17, 15) is 4.79 Å². The summed E-state index contributed by atoms with van der Waals surface area (Å²) >= 11 is 2.26. The molecule has 2 rings (SSSR count). The summed E-state index contributed by atoms with van der Waals surface area (Å²) in [5.41, 5.74) is 4.10. The Morgan fingerprint density at radius 3 is 2.42 bits per heavy atom. The molecule has 24 heavy (non-hydrogen) atoms. The highest BCUT2D eigenvalue weighted by molar-refractivity contribution is 14.1. The molecule has 0 fully saturated rings. The third-order valence-corrected chi connectivity index (χ3v) is 4.58. The van der Waals surface area contributed by atoms with Crippen molar-refractivity contribution in [2.75, 3.05) is 5.32 Å². The number of halogens is 1. The van der Waals surface area contributed by atoms with Crippen molar-refractivity contribution in [2.24, 2.45) is 0 Å². The molecule has 0 aliphatic heterocycles. The van der Waals surface area contributed by atoms with E-state index in [0.717, 1.165) is 31.7 Å². The first-order chi connectivity index (χ1) is 11.3. The lowest BCUT2D eigenvalue weighted by molar-refractivity contribution is -0.122. The fourth-order valence-corrected chi connectivity index (χ4v) is 3.11. The molecular weight excluding hydrogens is 413 g/mol. The van der Waals surface area contributed by atoms with Gasteiger partial charge in [0, 0.05) is 9.26 Å². The summed E-state index contributed by atoms with van der Waals surface area (Å²) in [6, 6.07) is 12.1. The van der Waals surface area contributed by atoms with Crippen molar-refractivity contribution in [3.63, 3.8) is 0 Å². The maximum Gasteiger partial charge on any atom is 0.265 e. The van der Waals surface area contributed by atoms with Crippen molar-refractivity contribution in [1.82, 2.24) is 0 Å². The number of carbonyl (C=O) groups is 1. The van der Waals surface area contributed by atoms with Crippen LogP contribution in [0.2, 0.25) is 0 Å².